The van der Waals surface area contributed by atoms with Crippen LogP contribution in [0.2, 0.25) is 0 Å². The van der Waals surface area contributed by atoms with Crippen molar-refractivity contribution >= 4 is 33.5 Å². The molecule has 0 radical (unpaired) electrons. The first-order valence-electron chi connectivity index (χ1n) is 12.5. The molecule has 0 spiro atoms. The van der Waals surface area contributed by atoms with Gasteiger partial charge in [-0.1, -0.05) is 57.2 Å². The molecule has 1 aliphatic carbocycles. The Bertz CT molecular complexity index is 1560. The monoisotopic (exact) mass is 490 g/mol. The van der Waals surface area contributed by atoms with E-state index in [1.165, 1.54) is 10.4 Å². The highest BCUT2D eigenvalue weighted by molar-refractivity contribution is 7.16. The van der Waals surface area contributed by atoms with Crippen LogP contribution in [0.15, 0.2) is 53.5 Å². The molecule has 180 valence electrons. The van der Waals surface area contributed by atoms with E-state index in [-0.39, 0.29) is 5.41 Å². The van der Waals surface area contributed by atoms with Crippen LogP contribution in [-0.4, -0.2) is 10.8 Å². The molecule has 0 bridgehead atoms. The number of hydrogen-bond donors (Lipinski definition) is 0. The molecule has 1 atom stereocenters. The first-order valence-corrected chi connectivity index (χ1v) is 13.3. The molecule has 5 heteroatoms. The lowest BCUT2D eigenvalue weighted by atomic mass is 9.72. The zero-order valence-electron chi connectivity index (χ0n) is 21.3. The van der Waals surface area contributed by atoms with Crippen LogP contribution >= 0.6 is 11.3 Å². The van der Waals surface area contributed by atoms with Gasteiger partial charge in [-0.05, 0) is 60.8 Å². The number of nitriles is 2. The van der Waals surface area contributed by atoms with Crippen LogP contribution in [0.5, 0.6) is 0 Å². The van der Waals surface area contributed by atoms with Crippen LogP contribution < -0.4 is 0 Å². The lowest BCUT2D eigenvalue weighted by molar-refractivity contribution is 0.218. The van der Waals surface area contributed by atoms with E-state index in [4.69, 9.17) is 4.99 Å². The van der Waals surface area contributed by atoms with Gasteiger partial charge in [0, 0.05) is 39.8 Å². The molecule has 1 aliphatic rings. The fourth-order valence-corrected chi connectivity index (χ4v) is 6.62. The van der Waals surface area contributed by atoms with Gasteiger partial charge in [0.05, 0.1) is 17.2 Å². The average molecular weight is 491 g/mol. The third-order valence-electron chi connectivity index (χ3n) is 7.64. The third-order valence-corrected chi connectivity index (χ3v) is 8.80. The van der Waals surface area contributed by atoms with Gasteiger partial charge in [0.15, 0.2) is 0 Å². The maximum atomic E-state index is 9.98. The molecule has 4 aromatic rings. The second kappa shape index (κ2) is 9.41. The number of thiophene rings is 1. The Hall–Kier alpha value is -3.67. The molecule has 2 aromatic heterocycles. The zero-order valence-corrected chi connectivity index (χ0v) is 22.1. The van der Waals surface area contributed by atoms with Crippen molar-refractivity contribution in [1.29, 1.82) is 10.5 Å². The summed E-state index contributed by atoms with van der Waals surface area (Å²) in [5.74, 6) is 0.628. The lowest BCUT2D eigenvalue weighted by Gasteiger charge is -2.33. The standard InChI is InChI=1S/C31H30N4S/c1-20-27(18-34-30-26(17-33)25-14-13-23(31(2,3)4)15-29(25)36-30)24-11-7-8-12-28(24)35(20)19-22-10-6-5-9-21(22)16-32/h5-12,18,23H,13-15,19H2,1-4H3/t23-/m0/s1. The second-order valence-corrected chi connectivity index (χ2v) is 11.8. The van der Waals surface area contributed by atoms with Gasteiger partial charge in [0.2, 0.25) is 0 Å². The molecule has 0 saturated heterocycles. The molecule has 0 fully saturated rings. The second-order valence-electron chi connectivity index (χ2n) is 10.7. The number of aliphatic imine (C=N–C) groups is 1. The van der Waals surface area contributed by atoms with Crippen molar-refractivity contribution in [2.45, 2.75) is 53.5 Å². The Morgan fingerprint density at radius 1 is 1.08 bits per heavy atom. The van der Waals surface area contributed by atoms with Crippen LogP contribution in [0.1, 0.15) is 65.6 Å². The summed E-state index contributed by atoms with van der Waals surface area (Å²) in [6.45, 7) is 9.67. The molecule has 36 heavy (non-hydrogen) atoms. The highest BCUT2D eigenvalue weighted by Gasteiger charge is 2.32. The van der Waals surface area contributed by atoms with Crippen LogP contribution in [0, 0.1) is 40.9 Å². The van der Waals surface area contributed by atoms with Crippen LogP contribution in [0.3, 0.4) is 0 Å². The molecule has 0 unspecified atom stereocenters. The minimum atomic E-state index is 0.265. The maximum Gasteiger partial charge on any atom is 0.134 e. The van der Waals surface area contributed by atoms with E-state index in [9.17, 15) is 10.5 Å². The SMILES string of the molecule is Cc1c(C=Nc2sc3c(c2C#N)CC[C@H](C(C)(C)C)C3)c2ccccc2n1Cc1ccccc1C#N. The van der Waals surface area contributed by atoms with Gasteiger partial charge < -0.3 is 4.57 Å². The van der Waals surface area contributed by atoms with E-state index >= 15 is 0 Å². The summed E-state index contributed by atoms with van der Waals surface area (Å²) in [6.07, 6.45) is 5.05. The van der Waals surface area contributed by atoms with Gasteiger partial charge in [0.25, 0.3) is 0 Å². The van der Waals surface area contributed by atoms with Crippen molar-refractivity contribution in [3.05, 3.63) is 86.9 Å². The summed E-state index contributed by atoms with van der Waals surface area (Å²) in [4.78, 5) is 6.24. The summed E-state index contributed by atoms with van der Waals surface area (Å²) in [7, 11) is 0. The van der Waals surface area contributed by atoms with Gasteiger partial charge in [-0.3, -0.25) is 0 Å². The van der Waals surface area contributed by atoms with Crippen molar-refractivity contribution in [3.8, 4) is 12.1 Å². The van der Waals surface area contributed by atoms with E-state index in [1.807, 2.05) is 42.6 Å². The van der Waals surface area contributed by atoms with Gasteiger partial charge in [-0.15, -0.1) is 11.3 Å². The van der Waals surface area contributed by atoms with Crippen molar-refractivity contribution in [2.75, 3.05) is 0 Å². The largest absolute Gasteiger partial charge is 0.340 e. The molecule has 5 rings (SSSR count). The van der Waals surface area contributed by atoms with Gasteiger partial charge >= 0.3 is 0 Å². The maximum absolute atomic E-state index is 9.98. The van der Waals surface area contributed by atoms with Crippen molar-refractivity contribution in [3.63, 3.8) is 0 Å². The number of hydrogen-bond acceptors (Lipinski definition) is 4. The normalized spacial score (nSPS) is 15.7. The lowest BCUT2D eigenvalue weighted by Crippen LogP contribution is -2.26. The first-order chi connectivity index (χ1) is 17.3. The zero-order chi connectivity index (χ0) is 25.4. The Balaban J connectivity index is 1.54. The molecule has 0 amide bonds. The van der Waals surface area contributed by atoms with E-state index in [0.29, 0.717) is 18.0 Å². The number of rotatable bonds is 4. The van der Waals surface area contributed by atoms with E-state index in [0.717, 1.165) is 57.6 Å². The number of aromatic nitrogens is 1. The van der Waals surface area contributed by atoms with Crippen molar-refractivity contribution < 1.29 is 0 Å². The quantitative estimate of drug-likeness (QED) is 0.275. The minimum absolute atomic E-state index is 0.265. The summed E-state index contributed by atoms with van der Waals surface area (Å²) in [5, 5.41) is 21.5. The fraction of sp³-hybridized carbons (Fsp3) is 0.323. The smallest absolute Gasteiger partial charge is 0.134 e. The number of para-hydroxylation sites is 1. The summed E-state index contributed by atoms with van der Waals surface area (Å²) in [5.41, 5.74) is 7.19. The first kappa shape index (κ1) is 24.0. The van der Waals surface area contributed by atoms with Crippen molar-refractivity contribution in [2.24, 2.45) is 16.3 Å². The average Bonchev–Trinajstić information content (AvgIpc) is 3.36. The molecule has 4 nitrogen and oxygen atoms in total. The molecule has 0 aliphatic heterocycles. The Morgan fingerprint density at radius 2 is 1.83 bits per heavy atom. The highest BCUT2D eigenvalue weighted by Crippen LogP contribution is 2.45. The van der Waals surface area contributed by atoms with Crippen LogP contribution in [-0.2, 0) is 19.4 Å². The molecular weight excluding hydrogens is 460 g/mol. The molecule has 0 saturated carbocycles. The Labute approximate surface area is 217 Å². The Morgan fingerprint density at radius 3 is 2.58 bits per heavy atom. The van der Waals surface area contributed by atoms with Crippen LogP contribution in [0.25, 0.3) is 10.9 Å². The third kappa shape index (κ3) is 4.25. The number of benzene rings is 2. The van der Waals surface area contributed by atoms with Crippen molar-refractivity contribution in [1.82, 2.24) is 4.57 Å². The van der Waals surface area contributed by atoms with E-state index in [2.05, 4.69) is 56.5 Å². The topological polar surface area (TPSA) is 64.9 Å². The van der Waals surface area contributed by atoms with Crippen LogP contribution in [0.4, 0.5) is 5.00 Å². The van der Waals surface area contributed by atoms with E-state index in [1.54, 1.807) is 11.3 Å². The number of fused-ring (bicyclic) bond motifs is 2. The Kier molecular flexibility index (Phi) is 6.29. The van der Waals surface area contributed by atoms with Gasteiger partial charge in [-0.2, -0.15) is 10.5 Å². The summed E-state index contributed by atoms with van der Waals surface area (Å²) >= 11 is 1.69. The van der Waals surface area contributed by atoms with Gasteiger partial charge in [0.1, 0.15) is 11.1 Å². The van der Waals surface area contributed by atoms with E-state index < -0.39 is 0 Å². The fourth-order valence-electron chi connectivity index (χ4n) is 5.40. The number of nitrogens with zero attached hydrogens (tertiary/aromatic N) is 4. The summed E-state index contributed by atoms with van der Waals surface area (Å²) in [6, 6.07) is 20.9. The highest BCUT2D eigenvalue weighted by atomic mass is 32.1. The summed E-state index contributed by atoms with van der Waals surface area (Å²) < 4.78 is 2.26. The predicted molar refractivity (Wildman–Crippen MR) is 148 cm³/mol. The molecule has 0 N–H and O–H groups in total. The van der Waals surface area contributed by atoms with Gasteiger partial charge in [-0.25, -0.2) is 4.99 Å². The minimum Gasteiger partial charge on any atom is -0.340 e. The molecule has 2 heterocycles. The molecular formula is C31H30N4S. The molecule has 2 aromatic carbocycles. The predicted octanol–water partition coefficient (Wildman–Crippen LogP) is 7.70.